The molecule has 0 radical (unpaired) electrons. The fourth-order valence-corrected chi connectivity index (χ4v) is 5.28. The molecule has 6 nitrogen and oxygen atoms in total. The van der Waals surface area contributed by atoms with Crippen molar-refractivity contribution >= 4 is 12.0 Å². The Morgan fingerprint density at radius 2 is 1.93 bits per heavy atom. The second kappa shape index (κ2) is 7.35. The van der Waals surface area contributed by atoms with Crippen LogP contribution in [0.3, 0.4) is 0 Å². The van der Waals surface area contributed by atoms with Crippen LogP contribution in [-0.2, 0) is 14.9 Å². The lowest BCUT2D eigenvalue weighted by Crippen LogP contribution is -2.48. The molecule has 0 aromatic heterocycles. The van der Waals surface area contributed by atoms with Crippen LogP contribution in [0.15, 0.2) is 24.3 Å². The van der Waals surface area contributed by atoms with E-state index in [0.29, 0.717) is 32.7 Å². The fourth-order valence-electron chi connectivity index (χ4n) is 5.28. The van der Waals surface area contributed by atoms with E-state index in [2.05, 4.69) is 5.32 Å². The van der Waals surface area contributed by atoms with Crippen molar-refractivity contribution < 1.29 is 23.8 Å². The van der Waals surface area contributed by atoms with Crippen LogP contribution in [-0.4, -0.2) is 54.9 Å². The third-order valence-electron chi connectivity index (χ3n) is 7.07. The molecular formula is C21H27FN2O4. The van der Waals surface area contributed by atoms with Crippen LogP contribution in [0.1, 0.15) is 37.7 Å². The molecule has 1 aromatic carbocycles. The first kappa shape index (κ1) is 19.2. The van der Waals surface area contributed by atoms with Crippen molar-refractivity contribution in [3.05, 3.63) is 35.6 Å². The molecule has 0 spiro atoms. The van der Waals surface area contributed by atoms with Crippen LogP contribution in [0.4, 0.5) is 9.18 Å². The molecule has 152 valence electrons. The minimum absolute atomic E-state index is 0.0462. The number of halogens is 1. The zero-order valence-electron chi connectivity index (χ0n) is 16.0. The lowest BCUT2D eigenvalue weighted by molar-refractivity contribution is -0.149. The third-order valence-corrected chi connectivity index (χ3v) is 7.07. The first-order chi connectivity index (χ1) is 13.5. The van der Waals surface area contributed by atoms with E-state index in [9.17, 15) is 19.1 Å². The highest BCUT2D eigenvalue weighted by Gasteiger charge is 2.55. The van der Waals surface area contributed by atoms with Crippen LogP contribution >= 0.6 is 0 Å². The largest absolute Gasteiger partial charge is 0.481 e. The maximum absolute atomic E-state index is 13.4. The van der Waals surface area contributed by atoms with Crippen LogP contribution in [0.25, 0.3) is 0 Å². The number of rotatable bonds is 4. The molecule has 7 heteroatoms. The molecule has 2 aliphatic heterocycles. The minimum atomic E-state index is -0.780. The summed E-state index contributed by atoms with van der Waals surface area (Å²) in [4.78, 5) is 26.3. The summed E-state index contributed by atoms with van der Waals surface area (Å²) in [5.74, 6) is -1.01. The van der Waals surface area contributed by atoms with E-state index in [-0.39, 0.29) is 29.7 Å². The van der Waals surface area contributed by atoms with Crippen molar-refractivity contribution in [2.75, 3.05) is 32.8 Å². The molecular weight excluding hydrogens is 363 g/mol. The van der Waals surface area contributed by atoms with Crippen LogP contribution in [0.5, 0.6) is 0 Å². The quantitative estimate of drug-likeness (QED) is 0.829. The van der Waals surface area contributed by atoms with Gasteiger partial charge in [-0.25, -0.2) is 9.18 Å². The molecule has 0 bridgehead atoms. The van der Waals surface area contributed by atoms with Crippen molar-refractivity contribution in [1.82, 2.24) is 10.2 Å². The predicted molar refractivity (Wildman–Crippen MR) is 101 cm³/mol. The van der Waals surface area contributed by atoms with E-state index >= 15 is 0 Å². The van der Waals surface area contributed by atoms with Crippen molar-refractivity contribution in [2.24, 2.45) is 11.3 Å². The van der Waals surface area contributed by atoms with Gasteiger partial charge in [-0.2, -0.15) is 0 Å². The third kappa shape index (κ3) is 3.26. The maximum Gasteiger partial charge on any atom is 0.317 e. The molecule has 0 unspecified atom stereocenters. The molecule has 1 saturated carbocycles. The van der Waals surface area contributed by atoms with Crippen LogP contribution in [0, 0.1) is 17.2 Å². The molecule has 2 N–H and O–H groups in total. The fraction of sp³-hybridized carbons (Fsp3) is 0.619. The van der Waals surface area contributed by atoms with Gasteiger partial charge in [0.1, 0.15) is 5.82 Å². The summed E-state index contributed by atoms with van der Waals surface area (Å²) in [6.07, 6.45) is 3.93. The van der Waals surface area contributed by atoms with E-state index in [1.807, 2.05) is 0 Å². The highest BCUT2D eigenvalue weighted by atomic mass is 19.1. The molecule has 28 heavy (non-hydrogen) atoms. The van der Waals surface area contributed by atoms with Gasteiger partial charge in [-0.15, -0.1) is 0 Å². The first-order valence-corrected chi connectivity index (χ1v) is 10.1. The van der Waals surface area contributed by atoms with Crippen LogP contribution in [0.2, 0.25) is 0 Å². The van der Waals surface area contributed by atoms with E-state index in [1.165, 1.54) is 12.1 Å². The molecule has 1 aromatic rings. The Hall–Kier alpha value is -2.15. The maximum atomic E-state index is 13.4. The number of benzene rings is 1. The number of urea groups is 1. The van der Waals surface area contributed by atoms with Crippen molar-refractivity contribution in [2.45, 2.75) is 37.5 Å². The van der Waals surface area contributed by atoms with Crippen molar-refractivity contribution in [1.29, 1.82) is 0 Å². The Bertz CT molecular complexity index is 747. The second-order valence-electron chi connectivity index (χ2n) is 8.49. The van der Waals surface area contributed by atoms with Gasteiger partial charge in [0, 0.05) is 38.3 Å². The number of aliphatic carboxylic acids is 1. The Morgan fingerprint density at radius 3 is 2.57 bits per heavy atom. The second-order valence-corrected chi connectivity index (χ2v) is 8.49. The first-order valence-electron chi connectivity index (χ1n) is 10.1. The minimum Gasteiger partial charge on any atom is -0.481 e. The molecule has 4 rings (SSSR count). The average molecular weight is 390 g/mol. The van der Waals surface area contributed by atoms with Gasteiger partial charge in [-0.1, -0.05) is 18.6 Å². The summed E-state index contributed by atoms with van der Waals surface area (Å²) < 4.78 is 18.9. The lowest BCUT2D eigenvalue weighted by atomic mass is 9.74. The standard InChI is InChI=1S/C21H27FN2O4/c22-17-5-3-15(4-6-17)20(8-10-28-11-9-20)13-23-19(27)24-12-16-2-1-7-21(16,14-24)18(25)26/h3-6,16H,1-2,7-14H2,(H,23,27)(H,25,26)/t16-,21+/m0/s1. The summed E-state index contributed by atoms with van der Waals surface area (Å²) in [5.41, 5.74) is -0.0652. The number of hydrogen-bond donors (Lipinski definition) is 2. The smallest absolute Gasteiger partial charge is 0.317 e. The summed E-state index contributed by atoms with van der Waals surface area (Å²) in [6.45, 7) is 2.42. The number of nitrogens with one attached hydrogen (secondary N) is 1. The van der Waals surface area contributed by atoms with Gasteiger partial charge >= 0.3 is 12.0 Å². The number of hydrogen-bond acceptors (Lipinski definition) is 3. The van der Waals surface area contributed by atoms with Crippen molar-refractivity contribution in [3.8, 4) is 0 Å². The average Bonchev–Trinajstić information content (AvgIpc) is 3.26. The van der Waals surface area contributed by atoms with Gasteiger partial charge in [0.15, 0.2) is 0 Å². The van der Waals surface area contributed by atoms with Gasteiger partial charge in [0.05, 0.1) is 5.41 Å². The van der Waals surface area contributed by atoms with E-state index in [0.717, 1.165) is 31.2 Å². The summed E-state index contributed by atoms with van der Waals surface area (Å²) in [6, 6.07) is 6.26. The highest BCUT2D eigenvalue weighted by molar-refractivity contribution is 5.80. The summed E-state index contributed by atoms with van der Waals surface area (Å²) in [5, 5.41) is 12.8. The Balaban J connectivity index is 1.45. The normalized spacial score (nSPS) is 28.8. The number of likely N-dealkylation sites (tertiary alicyclic amines) is 1. The molecule has 3 aliphatic rings. The van der Waals surface area contributed by atoms with Gasteiger partial charge < -0.3 is 20.1 Å². The van der Waals surface area contributed by atoms with Gasteiger partial charge in [0.2, 0.25) is 0 Å². The molecule has 2 heterocycles. The molecule has 1 aliphatic carbocycles. The van der Waals surface area contributed by atoms with E-state index in [4.69, 9.17) is 4.74 Å². The van der Waals surface area contributed by atoms with E-state index in [1.54, 1.807) is 17.0 Å². The van der Waals surface area contributed by atoms with Gasteiger partial charge in [-0.05, 0) is 49.3 Å². The number of carboxylic acid groups (broad SMARTS) is 1. The van der Waals surface area contributed by atoms with Gasteiger partial charge in [0.25, 0.3) is 0 Å². The Labute approximate surface area is 164 Å². The number of carbonyl (C=O) groups excluding carboxylic acids is 1. The monoisotopic (exact) mass is 390 g/mol. The molecule has 2 atom stereocenters. The number of carboxylic acids is 1. The Kier molecular flexibility index (Phi) is 5.04. The predicted octanol–water partition coefficient (Wildman–Crippen LogP) is 2.77. The molecule has 2 saturated heterocycles. The summed E-state index contributed by atoms with van der Waals surface area (Å²) >= 11 is 0. The number of ether oxygens (including phenoxy) is 1. The van der Waals surface area contributed by atoms with E-state index < -0.39 is 11.4 Å². The highest BCUT2D eigenvalue weighted by Crippen LogP contribution is 2.48. The Morgan fingerprint density at radius 1 is 1.21 bits per heavy atom. The number of amides is 2. The number of nitrogens with zero attached hydrogens (tertiary/aromatic N) is 1. The van der Waals surface area contributed by atoms with Crippen molar-refractivity contribution in [3.63, 3.8) is 0 Å². The molecule has 2 amide bonds. The molecule has 3 fully saturated rings. The summed E-state index contributed by atoms with van der Waals surface area (Å²) in [7, 11) is 0. The number of fused-ring (bicyclic) bond motifs is 1. The number of carbonyl (C=O) groups is 2. The van der Waals surface area contributed by atoms with Gasteiger partial charge in [-0.3, -0.25) is 4.79 Å². The van der Waals surface area contributed by atoms with Crippen LogP contribution < -0.4 is 5.32 Å². The topological polar surface area (TPSA) is 78.9 Å². The lowest BCUT2D eigenvalue weighted by Gasteiger charge is -2.38. The SMILES string of the molecule is O=C(NCC1(c2ccc(F)cc2)CCOCC1)N1C[C@@H]2CCC[C@@]2(C(=O)O)C1. The zero-order chi connectivity index (χ0) is 19.8. The zero-order valence-corrected chi connectivity index (χ0v) is 16.0.